The van der Waals surface area contributed by atoms with Crippen LogP contribution in [-0.2, 0) is 16.1 Å². The van der Waals surface area contributed by atoms with Gasteiger partial charge in [-0.2, -0.15) is 0 Å². The summed E-state index contributed by atoms with van der Waals surface area (Å²) >= 11 is 6.06. The zero-order chi connectivity index (χ0) is 15.5. The van der Waals surface area contributed by atoms with Gasteiger partial charge in [0.2, 0.25) is 5.91 Å². The molecular formula is C14H21ClN4O2. The van der Waals surface area contributed by atoms with Gasteiger partial charge in [0.25, 0.3) is 0 Å². The lowest BCUT2D eigenvalue weighted by Gasteiger charge is -2.23. The summed E-state index contributed by atoms with van der Waals surface area (Å²) in [6.45, 7) is 6.21. The number of amides is 1. The lowest BCUT2D eigenvalue weighted by Crippen LogP contribution is -2.39. The zero-order valence-electron chi connectivity index (χ0n) is 12.6. The third-order valence-electron chi connectivity index (χ3n) is 3.74. The van der Waals surface area contributed by atoms with Gasteiger partial charge in [-0.05, 0) is 20.3 Å². The maximum atomic E-state index is 12.0. The Morgan fingerprint density at radius 1 is 1.57 bits per heavy atom. The van der Waals surface area contributed by atoms with Crippen LogP contribution in [0.15, 0.2) is 6.07 Å². The fraction of sp³-hybridized carbons (Fsp3) is 0.643. The molecule has 1 aliphatic heterocycles. The van der Waals surface area contributed by atoms with Gasteiger partial charge >= 0.3 is 0 Å². The van der Waals surface area contributed by atoms with Crippen molar-refractivity contribution in [3.8, 4) is 0 Å². The van der Waals surface area contributed by atoms with Crippen LogP contribution < -0.4 is 10.2 Å². The number of nitrogens with one attached hydrogen (secondary N) is 1. The van der Waals surface area contributed by atoms with Crippen molar-refractivity contribution in [1.29, 1.82) is 0 Å². The van der Waals surface area contributed by atoms with Gasteiger partial charge in [-0.25, -0.2) is 9.97 Å². The van der Waals surface area contributed by atoms with Crippen LogP contribution >= 0.6 is 11.6 Å². The van der Waals surface area contributed by atoms with E-state index in [0.29, 0.717) is 30.7 Å². The van der Waals surface area contributed by atoms with E-state index in [4.69, 9.17) is 16.3 Å². The molecule has 1 aromatic rings. The summed E-state index contributed by atoms with van der Waals surface area (Å²) in [5, 5.41) is 3.12. The van der Waals surface area contributed by atoms with E-state index in [-0.39, 0.29) is 5.91 Å². The Morgan fingerprint density at radius 2 is 2.33 bits per heavy atom. The van der Waals surface area contributed by atoms with Crippen molar-refractivity contribution in [2.75, 3.05) is 31.6 Å². The number of hydrogen-bond acceptors (Lipinski definition) is 5. The third kappa shape index (κ3) is 3.63. The van der Waals surface area contributed by atoms with Crippen molar-refractivity contribution in [2.24, 2.45) is 5.41 Å². The number of rotatable bonds is 5. The first-order valence-corrected chi connectivity index (χ1v) is 7.44. The maximum Gasteiger partial charge on any atom is 0.227 e. The lowest BCUT2D eigenvalue weighted by molar-refractivity contribution is -0.128. The van der Waals surface area contributed by atoms with Crippen LogP contribution in [0.5, 0.6) is 0 Å². The second-order valence-electron chi connectivity index (χ2n) is 5.41. The van der Waals surface area contributed by atoms with E-state index in [2.05, 4.69) is 20.2 Å². The van der Waals surface area contributed by atoms with Crippen LogP contribution in [-0.4, -0.2) is 42.6 Å². The van der Waals surface area contributed by atoms with Gasteiger partial charge in [-0.15, -0.1) is 0 Å². The van der Waals surface area contributed by atoms with Gasteiger partial charge in [-0.3, -0.25) is 4.79 Å². The summed E-state index contributed by atoms with van der Waals surface area (Å²) in [5.74, 6) is 1.37. The van der Waals surface area contributed by atoms with E-state index in [0.717, 1.165) is 18.8 Å². The van der Waals surface area contributed by atoms with Crippen LogP contribution in [0.2, 0.25) is 5.15 Å². The molecule has 7 heteroatoms. The van der Waals surface area contributed by atoms with Crippen molar-refractivity contribution >= 4 is 23.3 Å². The number of anilines is 1. The summed E-state index contributed by atoms with van der Waals surface area (Å²) in [6, 6.07) is 1.73. The van der Waals surface area contributed by atoms with Gasteiger partial charge < -0.3 is 15.0 Å². The van der Waals surface area contributed by atoms with Crippen molar-refractivity contribution in [1.82, 2.24) is 15.3 Å². The highest BCUT2D eigenvalue weighted by atomic mass is 35.5. The first-order valence-electron chi connectivity index (χ1n) is 7.07. The topological polar surface area (TPSA) is 67.3 Å². The summed E-state index contributed by atoms with van der Waals surface area (Å²) < 4.78 is 5.32. The average molecular weight is 313 g/mol. The molecule has 2 heterocycles. The molecule has 0 aromatic carbocycles. The minimum absolute atomic E-state index is 0.0553. The Bertz CT molecular complexity index is 526. The van der Waals surface area contributed by atoms with Crippen LogP contribution in [0.25, 0.3) is 0 Å². The average Bonchev–Trinajstić information content (AvgIpc) is 2.87. The van der Waals surface area contributed by atoms with E-state index < -0.39 is 5.41 Å². The van der Waals surface area contributed by atoms with Gasteiger partial charge in [0.05, 0.1) is 5.41 Å². The predicted octanol–water partition coefficient (Wildman–Crippen LogP) is 1.63. The second-order valence-corrected chi connectivity index (χ2v) is 5.80. The van der Waals surface area contributed by atoms with Crippen molar-refractivity contribution in [2.45, 2.75) is 26.9 Å². The molecule has 1 atom stereocenters. The fourth-order valence-corrected chi connectivity index (χ4v) is 2.71. The van der Waals surface area contributed by atoms with Crippen LogP contribution in [0.4, 0.5) is 5.82 Å². The normalized spacial score (nSPS) is 21.6. The molecule has 1 saturated heterocycles. The highest BCUT2D eigenvalue weighted by molar-refractivity contribution is 6.29. The molecule has 0 spiro atoms. The summed E-state index contributed by atoms with van der Waals surface area (Å²) in [7, 11) is 1.66. The fourth-order valence-electron chi connectivity index (χ4n) is 2.52. The SMILES string of the molecule is CCOCc1nc(Cl)cc(N2CCC(C)(C(=O)NC)C2)n1. The smallest absolute Gasteiger partial charge is 0.227 e. The van der Waals surface area contributed by atoms with Crippen LogP contribution in [0, 0.1) is 5.41 Å². The zero-order valence-corrected chi connectivity index (χ0v) is 13.4. The quantitative estimate of drug-likeness (QED) is 0.837. The Labute approximate surface area is 129 Å². The van der Waals surface area contributed by atoms with E-state index in [1.54, 1.807) is 13.1 Å². The van der Waals surface area contributed by atoms with Crippen molar-refractivity contribution in [3.05, 3.63) is 17.0 Å². The van der Waals surface area contributed by atoms with Gasteiger partial charge in [0.15, 0.2) is 5.82 Å². The predicted molar refractivity (Wildman–Crippen MR) is 81.4 cm³/mol. The first-order chi connectivity index (χ1) is 9.98. The molecule has 1 N–H and O–H groups in total. The molecule has 116 valence electrons. The minimum atomic E-state index is -0.397. The summed E-state index contributed by atoms with van der Waals surface area (Å²) in [4.78, 5) is 22.7. The van der Waals surface area contributed by atoms with Crippen molar-refractivity contribution in [3.63, 3.8) is 0 Å². The molecule has 1 aromatic heterocycles. The number of carbonyl (C=O) groups is 1. The first kappa shape index (κ1) is 16.0. The Morgan fingerprint density at radius 3 is 3.00 bits per heavy atom. The number of aromatic nitrogens is 2. The third-order valence-corrected chi connectivity index (χ3v) is 3.93. The van der Waals surface area contributed by atoms with Gasteiger partial charge in [0, 0.05) is 32.8 Å². The summed E-state index contributed by atoms with van der Waals surface area (Å²) in [5.41, 5.74) is -0.397. The summed E-state index contributed by atoms with van der Waals surface area (Å²) in [6.07, 6.45) is 0.787. The Balaban J connectivity index is 2.16. The Kier molecular flexibility index (Phi) is 5.00. The molecule has 6 nitrogen and oxygen atoms in total. The van der Waals surface area contributed by atoms with Gasteiger partial charge in [-0.1, -0.05) is 11.6 Å². The molecule has 2 rings (SSSR count). The Hall–Kier alpha value is -1.40. The molecule has 1 amide bonds. The second kappa shape index (κ2) is 6.58. The van der Waals surface area contributed by atoms with Crippen LogP contribution in [0.1, 0.15) is 26.1 Å². The molecule has 0 saturated carbocycles. The lowest BCUT2D eigenvalue weighted by atomic mass is 9.89. The molecule has 21 heavy (non-hydrogen) atoms. The number of carbonyl (C=O) groups excluding carboxylic acids is 1. The number of hydrogen-bond donors (Lipinski definition) is 1. The van der Waals surface area contributed by atoms with E-state index in [9.17, 15) is 4.79 Å². The largest absolute Gasteiger partial charge is 0.374 e. The molecule has 1 aliphatic rings. The number of halogens is 1. The van der Waals surface area contributed by atoms with E-state index >= 15 is 0 Å². The molecule has 1 unspecified atom stereocenters. The molecule has 1 fully saturated rings. The van der Waals surface area contributed by atoms with Crippen LogP contribution in [0.3, 0.4) is 0 Å². The maximum absolute atomic E-state index is 12.0. The number of nitrogens with zero attached hydrogens (tertiary/aromatic N) is 3. The van der Waals surface area contributed by atoms with E-state index in [1.807, 2.05) is 13.8 Å². The molecular weight excluding hydrogens is 292 g/mol. The van der Waals surface area contributed by atoms with Crippen molar-refractivity contribution < 1.29 is 9.53 Å². The highest BCUT2D eigenvalue weighted by Gasteiger charge is 2.40. The highest BCUT2D eigenvalue weighted by Crippen LogP contribution is 2.33. The van der Waals surface area contributed by atoms with Gasteiger partial charge in [0.1, 0.15) is 17.6 Å². The monoisotopic (exact) mass is 312 g/mol. The molecule has 0 radical (unpaired) electrons. The van der Waals surface area contributed by atoms with E-state index in [1.165, 1.54) is 0 Å². The molecule has 0 aliphatic carbocycles. The number of ether oxygens (including phenoxy) is 1. The standard InChI is InChI=1S/C14H21ClN4O2/c1-4-21-8-11-17-10(15)7-12(18-11)19-6-5-14(2,9-19)13(20)16-3/h7H,4-6,8-9H2,1-3H3,(H,16,20). The molecule has 0 bridgehead atoms. The minimum Gasteiger partial charge on any atom is -0.374 e.